The fourth-order valence-electron chi connectivity index (χ4n) is 1.24. The zero-order chi connectivity index (χ0) is 12.7. The van der Waals surface area contributed by atoms with E-state index in [-0.39, 0.29) is 11.4 Å². The second-order valence-corrected chi connectivity index (χ2v) is 5.25. The van der Waals surface area contributed by atoms with Crippen molar-refractivity contribution in [1.82, 2.24) is 9.79 Å². The summed E-state index contributed by atoms with van der Waals surface area (Å²) in [6, 6.07) is 7.79. The highest BCUT2D eigenvalue weighted by Crippen LogP contribution is 2.12. The zero-order valence-electron chi connectivity index (χ0n) is 9.41. The predicted molar refractivity (Wildman–Crippen MR) is 64.0 cm³/mol. The summed E-state index contributed by atoms with van der Waals surface area (Å²) in [5, 5.41) is 12.4. The van der Waals surface area contributed by atoms with Crippen LogP contribution >= 0.6 is 0 Å². The topological polar surface area (TPSA) is 95.7 Å². The molecule has 0 amide bonds. The minimum absolute atomic E-state index is 0.0166. The second kappa shape index (κ2) is 6.67. The summed E-state index contributed by atoms with van der Waals surface area (Å²) in [4.78, 5) is 0.0707. The Hall–Kier alpha value is -0.990. The van der Waals surface area contributed by atoms with E-state index in [0.717, 1.165) is 0 Å². The Bertz CT molecular complexity index is 422. The summed E-state index contributed by atoms with van der Waals surface area (Å²) in [7, 11) is -3.81. The maximum absolute atomic E-state index is 11.8. The number of nitrogens with zero attached hydrogens (tertiary/aromatic N) is 1. The van der Waals surface area contributed by atoms with Crippen LogP contribution in [0, 0.1) is 0 Å². The van der Waals surface area contributed by atoms with Gasteiger partial charge in [-0.15, -0.1) is 0 Å². The van der Waals surface area contributed by atoms with Gasteiger partial charge in [-0.2, -0.15) is 0 Å². The first-order valence-corrected chi connectivity index (χ1v) is 6.70. The lowest BCUT2D eigenvalue weighted by molar-refractivity contribution is 0.00462. The van der Waals surface area contributed by atoms with Crippen LogP contribution < -0.4 is 11.1 Å². The van der Waals surface area contributed by atoms with Crippen molar-refractivity contribution in [2.24, 2.45) is 5.73 Å². The molecule has 0 atom stereocenters. The fourth-order valence-corrected chi connectivity index (χ4v) is 2.31. The summed E-state index contributed by atoms with van der Waals surface area (Å²) in [5.74, 6) is 0. The van der Waals surface area contributed by atoms with Gasteiger partial charge in [-0.25, -0.2) is 8.42 Å². The number of benzene rings is 1. The molecule has 0 saturated carbocycles. The molecule has 6 nitrogen and oxygen atoms in total. The van der Waals surface area contributed by atoms with Crippen molar-refractivity contribution in [3.63, 3.8) is 0 Å². The highest BCUT2D eigenvalue weighted by molar-refractivity contribution is 7.89. The molecule has 0 saturated heterocycles. The molecule has 0 heterocycles. The molecule has 0 bridgehead atoms. The van der Waals surface area contributed by atoms with E-state index in [1.165, 1.54) is 12.1 Å². The summed E-state index contributed by atoms with van der Waals surface area (Å²) in [5.41, 5.74) is 5.27. The van der Waals surface area contributed by atoms with Crippen molar-refractivity contribution < 1.29 is 13.6 Å². The van der Waals surface area contributed by atoms with E-state index in [1.807, 2.05) is 0 Å². The molecule has 0 fully saturated rings. The van der Waals surface area contributed by atoms with Crippen molar-refractivity contribution in [2.45, 2.75) is 4.90 Å². The van der Waals surface area contributed by atoms with E-state index >= 15 is 0 Å². The highest BCUT2D eigenvalue weighted by atomic mass is 32.2. The van der Waals surface area contributed by atoms with Crippen molar-refractivity contribution in [3.05, 3.63) is 30.3 Å². The Kier molecular flexibility index (Phi) is 5.52. The summed E-state index contributed by atoms with van der Waals surface area (Å²) < 4.78 is 24.0. The van der Waals surface area contributed by atoms with Crippen LogP contribution in [-0.2, 0) is 10.0 Å². The van der Waals surface area contributed by atoms with E-state index in [1.54, 1.807) is 18.2 Å². The van der Waals surface area contributed by atoms with Crippen LogP contribution in [0.25, 0.3) is 0 Å². The molecule has 0 aliphatic rings. The van der Waals surface area contributed by atoms with Crippen LogP contribution in [0.1, 0.15) is 0 Å². The molecular weight excluding hydrogens is 242 g/mol. The Morgan fingerprint density at radius 1 is 1.24 bits per heavy atom. The first-order valence-electron chi connectivity index (χ1n) is 5.26. The van der Waals surface area contributed by atoms with E-state index in [0.29, 0.717) is 24.1 Å². The number of sulfonamides is 1. The van der Waals surface area contributed by atoms with Gasteiger partial charge in [-0.05, 0) is 12.1 Å². The number of nitrogens with two attached hydrogens (primary N) is 1. The zero-order valence-corrected chi connectivity index (χ0v) is 10.2. The number of hydroxylamine groups is 1. The van der Waals surface area contributed by atoms with Gasteiger partial charge in [-0.3, -0.25) is 5.21 Å². The molecule has 96 valence electrons. The van der Waals surface area contributed by atoms with Crippen LogP contribution in [0.5, 0.6) is 0 Å². The molecule has 0 unspecified atom stereocenters. The van der Waals surface area contributed by atoms with Gasteiger partial charge in [0.15, 0.2) is 0 Å². The van der Waals surface area contributed by atoms with Crippen LogP contribution in [0.2, 0.25) is 0 Å². The lowest BCUT2D eigenvalue weighted by atomic mass is 10.4. The van der Waals surface area contributed by atoms with Crippen molar-refractivity contribution in [1.29, 1.82) is 0 Å². The minimum atomic E-state index is -3.81. The van der Waals surface area contributed by atoms with Crippen LogP contribution in [0.15, 0.2) is 35.2 Å². The first kappa shape index (κ1) is 14.1. The summed E-state index contributed by atoms with van der Waals surface area (Å²) in [6.07, 6.45) is 0. The van der Waals surface area contributed by atoms with Gasteiger partial charge in [0.05, 0.1) is 11.4 Å². The summed E-state index contributed by atoms with van der Waals surface area (Å²) in [6.45, 7) is 1.38. The summed E-state index contributed by atoms with van der Waals surface area (Å²) >= 11 is 0. The Balaban J connectivity index is 2.59. The van der Waals surface area contributed by atoms with Gasteiger partial charge < -0.3 is 11.1 Å². The molecule has 4 N–H and O–H groups in total. The fraction of sp³-hybridized carbons (Fsp3) is 0.400. The van der Waals surface area contributed by atoms with Gasteiger partial charge in [-0.1, -0.05) is 22.7 Å². The Morgan fingerprint density at radius 2 is 1.88 bits per heavy atom. The molecule has 1 aromatic carbocycles. The molecule has 0 aliphatic carbocycles. The quantitative estimate of drug-likeness (QED) is 0.458. The van der Waals surface area contributed by atoms with Crippen molar-refractivity contribution in [2.75, 3.05) is 26.2 Å². The third-order valence-electron chi connectivity index (χ3n) is 2.12. The predicted octanol–water partition coefficient (Wildman–Crippen LogP) is -0.385. The molecule has 7 heteroatoms. The number of nitrogens with one attached hydrogen (secondary N) is 1. The minimum Gasteiger partial charge on any atom is -0.329 e. The molecule has 0 aromatic heterocycles. The number of hydrogen-bond acceptors (Lipinski definition) is 5. The van der Waals surface area contributed by atoms with E-state index in [4.69, 9.17) is 5.73 Å². The van der Waals surface area contributed by atoms with Crippen molar-refractivity contribution >= 4 is 10.0 Å². The standard InChI is InChI=1S/C10H17N3O3S/c11-6-7-12-8-9-13(14)17(15,16)10-4-2-1-3-5-10/h1-5,12,14H,6-9,11H2. The van der Waals surface area contributed by atoms with Gasteiger partial charge in [0, 0.05) is 19.6 Å². The average molecular weight is 259 g/mol. The SMILES string of the molecule is NCCNCCN(O)S(=O)(=O)c1ccccc1. The molecule has 1 aromatic rings. The highest BCUT2D eigenvalue weighted by Gasteiger charge is 2.21. The van der Waals surface area contributed by atoms with Gasteiger partial charge in [0.25, 0.3) is 10.0 Å². The van der Waals surface area contributed by atoms with Crippen LogP contribution in [-0.4, -0.2) is 44.3 Å². The van der Waals surface area contributed by atoms with E-state index < -0.39 is 10.0 Å². The number of rotatable bonds is 7. The Labute approximate surface area is 101 Å². The normalized spacial score (nSPS) is 11.9. The lowest BCUT2D eigenvalue weighted by Gasteiger charge is -2.15. The lowest BCUT2D eigenvalue weighted by Crippen LogP contribution is -2.35. The molecule has 0 radical (unpaired) electrons. The van der Waals surface area contributed by atoms with E-state index in [9.17, 15) is 13.6 Å². The second-order valence-electron chi connectivity index (χ2n) is 3.40. The smallest absolute Gasteiger partial charge is 0.264 e. The average Bonchev–Trinajstić information content (AvgIpc) is 2.35. The van der Waals surface area contributed by atoms with Gasteiger partial charge >= 0.3 is 0 Å². The maximum atomic E-state index is 11.8. The largest absolute Gasteiger partial charge is 0.329 e. The molecule has 1 rings (SSSR count). The third-order valence-corrected chi connectivity index (χ3v) is 3.72. The molecule has 0 aliphatic heterocycles. The number of hydrogen-bond donors (Lipinski definition) is 3. The van der Waals surface area contributed by atoms with Gasteiger partial charge in [0.1, 0.15) is 0 Å². The molecule has 0 spiro atoms. The van der Waals surface area contributed by atoms with Crippen LogP contribution in [0.3, 0.4) is 0 Å². The molecule has 17 heavy (non-hydrogen) atoms. The third kappa shape index (κ3) is 4.06. The first-order chi connectivity index (χ1) is 8.09. The van der Waals surface area contributed by atoms with Crippen molar-refractivity contribution in [3.8, 4) is 0 Å². The van der Waals surface area contributed by atoms with Crippen LogP contribution in [0.4, 0.5) is 0 Å². The van der Waals surface area contributed by atoms with E-state index in [2.05, 4.69) is 5.32 Å². The van der Waals surface area contributed by atoms with Gasteiger partial charge in [0.2, 0.25) is 0 Å². The Morgan fingerprint density at radius 3 is 2.47 bits per heavy atom. The maximum Gasteiger partial charge on any atom is 0.264 e. The molecular formula is C10H17N3O3S. The monoisotopic (exact) mass is 259 g/mol.